The fourth-order valence-electron chi connectivity index (χ4n) is 4.62. The molecule has 4 N–H and O–H groups in total. The normalized spacial score (nSPS) is 17.5. The van der Waals surface area contributed by atoms with Crippen LogP contribution < -0.4 is 15.4 Å². The van der Waals surface area contributed by atoms with Crippen LogP contribution in [0.4, 0.5) is 13.2 Å². The van der Waals surface area contributed by atoms with Gasteiger partial charge in [-0.2, -0.15) is 13.2 Å². The lowest BCUT2D eigenvalue weighted by Gasteiger charge is -2.32. The number of hydrogen-bond acceptors (Lipinski definition) is 4. The minimum absolute atomic E-state index is 0.00220. The van der Waals surface area contributed by atoms with E-state index in [4.69, 9.17) is 16.3 Å². The molecule has 0 radical (unpaired) electrons. The zero-order chi connectivity index (χ0) is 23.4. The van der Waals surface area contributed by atoms with Gasteiger partial charge in [0.25, 0.3) is 0 Å². The van der Waals surface area contributed by atoms with Gasteiger partial charge in [0.05, 0.1) is 15.9 Å². The number of nitrogens with one attached hydrogen (secondary N) is 3. The summed E-state index contributed by atoms with van der Waals surface area (Å²) in [7, 11) is 0. The number of aliphatic hydroxyl groups is 1. The highest BCUT2D eigenvalue weighted by atomic mass is 35.5. The lowest BCUT2D eigenvalue weighted by molar-refractivity contribution is -0.137. The quantitative estimate of drug-likeness (QED) is 0.345. The number of benzene rings is 2. The third-order valence-corrected chi connectivity index (χ3v) is 6.60. The van der Waals surface area contributed by atoms with Gasteiger partial charge in [-0.05, 0) is 56.5 Å². The molecule has 2 heterocycles. The van der Waals surface area contributed by atoms with E-state index >= 15 is 0 Å². The highest BCUT2D eigenvalue weighted by molar-refractivity contribution is 6.34. The second-order valence-corrected chi connectivity index (χ2v) is 9.10. The van der Waals surface area contributed by atoms with Gasteiger partial charge in [-0.25, -0.2) is 0 Å². The molecule has 0 spiro atoms. The Bertz CT molecular complexity index is 1070. The van der Waals surface area contributed by atoms with E-state index < -0.39 is 18.7 Å². The summed E-state index contributed by atoms with van der Waals surface area (Å²) in [6, 6.07) is 11.1. The molecule has 1 aromatic heterocycles. The molecule has 180 valence electrons. The Morgan fingerprint density at radius 1 is 1.12 bits per heavy atom. The summed E-state index contributed by atoms with van der Waals surface area (Å²) < 4.78 is 44.4. The van der Waals surface area contributed by atoms with Gasteiger partial charge in [0.2, 0.25) is 0 Å². The molecule has 2 aromatic carbocycles. The van der Waals surface area contributed by atoms with Crippen LogP contribution in [0.25, 0.3) is 21.8 Å². The molecule has 33 heavy (non-hydrogen) atoms. The van der Waals surface area contributed by atoms with Crippen molar-refractivity contribution in [2.24, 2.45) is 5.92 Å². The fourth-order valence-corrected chi connectivity index (χ4v) is 4.83. The van der Waals surface area contributed by atoms with Gasteiger partial charge in [-0.15, -0.1) is 0 Å². The molecule has 2 atom stereocenters. The number of fused-ring (bicyclic) bond motifs is 3. The number of hydrogen-bond donors (Lipinski definition) is 4. The topological polar surface area (TPSA) is 69.3 Å². The molecule has 1 fully saturated rings. The van der Waals surface area contributed by atoms with E-state index in [1.54, 1.807) is 6.07 Å². The average Bonchev–Trinajstić information content (AvgIpc) is 3.17. The van der Waals surface area contributed by atoms with Crippen LogP contribution in [-0.4, -0.2) is 54.7 Å². The van der Waals surface area contributed by atoms with Crippen LogP contribution in [0.2, 0.25) is 5.02 Å². The Balaban J connectivity index is 1.40. The van der Waals surface area contributed by atoms with Gasteiger partial charge in [0.1, 0.15) is 18.5 Å². The van der Waals surface area contributed by atoms with E-state index in [-0.39, 0.29) is 31.5 Å². The van der Waals surface area contributed by atoms with E-state index in [2.05, 4.69) is 15.6 Å². The van der Waals surface area contributed by atoms with Crippen LogP contribution in [-0.2, 0) is 0 Å². The van der Waals surface area contributed by atoms with Crippen molar-refractivity contribution in [2.75, 3.05) is 26.2 Å². The number of H-pyrrole nitrogens is 1. The number of alkyl halides is 3. The summed E-state index contributed by atoms with van der Waals surface area (Å²) in [4.78, 5) is 3.33. The maximum absolute atomic E-state index is 12.8. The van der Waals surface area contributed by atoms with Crippen molar-refractivity contribution in [1.29, 1.82) is 0 Å². The van der Waals surface area contributed by atoms with Crippen molar-refractivity contribution in [3.63, 3.8) is 0 Å². The first-order valence-corrected chi connectivity index (χ1v) is 11.7. The zero-order valence-corrected chi connectivity index (χ0v) is 19.0. The number of ether oxygens (including phenoxy) is 1. The summed E-state index contributed by atoms with van der Waals surface area (Å²) in [6.07, 6.45) is -4.28. The van der Waals surface area contributed by atoms with Crippen molar-refractivity contribution in [3.05, 3.63) is 41.4 Å². The second-order valence-electron chi connectivity index (χ2n) is 8.69. The third kappa shape index (κ3) is 6.12. The van der Waals surface area contributed by atoms with E-state index in [0.717, 1.165) is 47.7 Å². The predicted octanol–water partition coefficient (Wildman–Crippen LogP) is 5.01. The minimum Gasteiger partial charge on any atom is -0.489 e. The van der Waals surface area contributed by atoms with Gasteiger partial charge >= 0.3 is 6.18 Å². The maximum atomic E-state index is 12.8. The van der Waals surface area contributed by atoms with Crippen LogP contribution >= 0.6 is 11.6 Å². The molecule has 0 bridgehead atoms. The van der Waals surface area contributed by atoms with Crippen molar-refractivity contribution >= 4 is 33.4 Å². The van der Waals surface area contributed by atoms with E-state index in [9.17, 15) is 18.3 Å². The molecule has 0 saturated carbocycles. The first-order chi connectivity index (χ1) is 15.8. The number of aromatic nitrogens is 1. The van der Waals surface area contributed by atoms with Crippen LogP contribution in [0.15, 0.2) is 36.4 Å². The molecule has 1 aliphatic rings. The zero-order valence-electron chi connectivity index (χ0n) is 18.2. The van der Waals surface area contributed by atoms with Gasteiger partial charge in [-0.1, -0.05) is 29.8 Å². The lowest BCUT2D eigenvalue weighted by atomic mass is 9.87. The average molecular weight is 484 g/mol. The third-order valence-electron chi connectivity index (χ3n) is 6.30. The molecular weight excluding hydrogens is 455 g/mol. The second kappa shape index (κ2) is 10.5. The Hall–Kier alpha value is -2.00. The Morgan fingerprint density at radius 2 is 1.88 bits per heavy atom. The molecule has 0 aliphatic carbocycles. The van der Waals surface area contributed by atoms with Gasteiger partial charge in [0, 0.05) is 29.9 Å². The minimum atomic E-state index is -4.19. The van der Waals surface area contributed by atoms with Crippen LogP contribution in [0.1, 0.15) is 25.7 Å². The first-order valence-electron chi connectivity index (χ1n) is 11.3. The van der Waals surface area contributed by atoms with Crippen LogP contribution in [0, 0.1) is 5.92 Å². The SMILES string of the molecule is O[C@@H](CNC(CCC(F)(F)F)C1CCNCC1)COc1c(Cl)ccc2[nH]c3ccccc3c12. The van der Waals surface area contributed by atoms with Gasteiger partial charge in [0.15, 0.2) is 0 Å². The Labute approximate surface area is 195 Å². The summed E-state index contributed by atoms with van der Waals surface area (Å²) in [5.74, 6) is 0.633. The van der Waals surface area contributed by atoms with Gasteiger partial charge < -0.3 is 25.5 Å². The molecule has 9 heteroatoms. The summed E-state index contributed by atoms with van der Waals surface area (Å²) in [5.41, 5.74) is 1.83. The smallest absolute Gasteiger partial charge is 0.389 e. The lowest BCUT2D eigenvalue weighted by Crippen LogP contribution is -2.45. The largest absolute Gasteiger partial charge is 0.489 e. The summed E-state index contributed by atoms with van der Waals surface area (Å²) >= 11 is 6.41. The van der Waals surface area contributed by atoms with E-state index in [1.165, 1.54) is 0 Å². The highest BCUT2D eigenvalue weighted by Crippen LogP contribution is 2.38. The molecule has 1 aliphatic heterocycles. The highest BCUT2D eigenvalue weighted by Gasteiger charge is 2.31. The number of rotatable bonds is 9. The van der Waals surface area contributed by atoms with Crippen molar-refractivity contribution in [1.82, 2.24) is 15.6 Å². The van der Waals surface area contributed by atoms with Crippen LogP contribution in [0.5, 0.6) is 5.75 Å². The maximum Gasteiger partial charge on any atom is 0.389 e. The fraction of sp³-hybridized carbons (Fsp3) is 0.500. The summed E-state index contributed by atoms with van der Waals surface area (Å²) in [5, 5.41) is 19.2. The van der Waals surface area contributed by atoms with Crippen molar-refractivity contribution in [3.8, 4) is 5.75 Å². The molecule has 5 nitrogen and oxygen atoms in total. The van der Waals surface area contributed by atoms with Crippen molar-refractivity contribution < 1.29 is 23.0 Å². The van der Waals surface area contributed by atoms with Gasteiger partial charge in [-0.3, -0.25) is 0 Å². The number of para-hydroxylation sites is 1. The molecule has 3 aromatic rings. The number of aliphatic hydroxyl groups excluding tert-OH is 1. The molecule has 0 amide bonds. The van der Waals surface area contributed by atoms with Crippen LogP contribution in [0.3, 0.4) is 0 Å². The first kappa shape index (κ1) is 24.1. The summed E-state index contributed by atoms with van der Waals surface area (Å²) in [6.45, 7) is 1.72. The monoisotopic (exact) mass is 483 g/mol. The molecule has 1 saturated heterocycles. The number of piperidine rings is 1. The number of halogens is 4. The molecule has 4 rings (SSSR count). The standard InChI is InChI=1S/C24H29ClF3N3O2/c25-18-5-6-21-22(17-3-1-2-4-20(17)31-21)23(18)33-14-16(32)13-30-19(7-10-24(26,27)28)15-8-11-29-12-9-15/h1-6,15-16,19,29-32H,7-14H2/t16-,19?/m0/s1. The predicted molar refractivity (Wildman–Crippen MR) is 125 cm³/mol. The van der Waals surface area contributed by atoms with E-state index in [0.29, 0.717) is 10.8 Å². The Kier molecular flexibility index (Phi) is 7.69. The van der Waals surface area contributed by atoms with E-state index in [1.807, 2.05) is 30.3 Å². The Morgan fingerprint density at radius 3 is 2.64 bits per heavy atom. The van der Waals surface area contributed by atoms with Crippen molar-refractivity contribution in [2.45, 2.75) is 44.0 Å². The molecular formula is C24H29ClF3N3O2. The molecule has 1 unspecified atom stereocenters. The number of aromatic amines is 1.